The second kappa shape index (κ2) is 6.95. The molecule has 0 aliphatic carbocycles. The lowest BCUT2D eigenvalue weighted by Crippen LogP contribution is -2.44. The first-order valence-electron chi connectivity index (χ1n) is 5.62. The summed E-state index contributed by atoms with van der Waals surface area (Å²) in [7, 11) is 1.34. The molecule has 6 heteroatoms. The number of aliphatic hydroxyl groups is 1. The Morgan fingerprint density at radius 3 is 2.61 bits per heavy atom. The first kappa shape index (κ1) is 14.4. The van der Waals surface area contributed by atoms with Gasteiger partial charge < -0.3 is 21.3 Å². The fourth-order valence-electron chi connectivity index (χ4n) is 1.41. The highest BCUT2D eigenvalue weighted by Crippen LogP contribution is 2.03. The van der Waals surface area contributed by atoms with Crippen LogP contribution in [0.1, 0.15) is 5.56 Å². The van der Waals surface area contributed by atoms with Crippen LogP contribution in [0.4, 0.5) is 4.79 Å². The summed E-state index contributed by atoms with van der Waals surface area (Å²) in [6.45, 7) is 0.133. The molecular weight excluding hydrogens is 234 g/mol. The highest BCUT2D eigenvalue weighted by Gasteiger charge is 2.16. The Morgan fingerprint density at radius 1 is 1.44 bits per heavy atom. The number of carbonyl (C=O) groups excluding carboxylic acids is 1. The lowest BCUT2D eigenvalue weighted by molar-refractivity contribution is -0.168. The Balaban J connectivity index is 2.33. The molecule has 2 amide bonds. The molecule has 100 valence electrons. The summed E-state index contributed by atoms with van der Waals surface area (Å²) in [5, 5.41) is 9.45. The van der Waals surface area contributed by atoms with E-state index >= 15 is 0 Å². The van der Waals surface area contributed by atoms with Gasteiger partial charge in [-0.25, -0.2) is 4.79 Å². The number of nitrogens with two attached hydrogens (primary N) is 2. The largest absolute Gasteiger partial charge is 0.351 e. The molecule has 0 saturated carbocycles. The number of hydrogen-bond acceptors (Lipinski definition) is 4. The van der Waals surface area contributed by atoms with Gasteiger partial charge in [-0.2, -0.15) is 0 Å². The smallest absolute Gasteiger partial charge is 0.318 e. The Morgan fingerprint density at radius 2 is 2.06 bits per heavy atom. The predicted octanol–water partition coefficient (Wildman–Crippen LogP) is -0.141. The lowest BCUT2D eigenvalue weighted by atomic mass is 10.1. The molecule has 2 atom stereocenters. The van der Waals surface area contributed by atoms with Gasteiger partial charge in [0.15, 0.2) is 0 Å². The number of carbonyl (C=O) groups is 1. The van der Waals surface area contributed by atoms with Crippen LogP contribution in [0, 0.1) is 0 Å². The maximum Gasteiger partial charge on any atom is 0.318 e. The van der Waals surface area contributed by atoms with Crippen molar-refractivity contribution in [3.8, 4) is 0 Å². The van der Waals surface area contributed by atoms with E-state index in [0.717, 1.165) is 10.5 Å². The summed E-state index contributed by atoms with van der Waals surface area (Å²) < 4.78 is 5.05. The third-order valence-corrected chi connectivity index (χ3v) is 2.48. The Kier molecular flexibility index (Phi) is 5.57. The molecule has 5 N–H and O–H groups in total. The van der Waals surface area contributed by atoms with Gasteiger partial charge in [0.05, 0.1) is 6.61 Å². The normalized spacial score (nSPS) is 13.9. The minimum Gasteiger partial charge on any atom is -0.351 e. The van der Waals surface area contributed by atoms with Crippen molar-refractivity contribution < 1.29 is 14.6 Å². The van der Waals surface area contributed by atoms with Crippen molar-refractivity contribution in [3.63, 3.8) is 0 Å². The average molecular weight is 253 g/mol. The Hall–Kier alpha value is -1.63. The van der Waals surface area contributed by atoms with E-state index in [1.165, 1.54) is 7.05 Å². The summed E-state index contributed by atoms with van der Waals surface area (Å²) in [5.74, 6) is 0. The van der Waals surface area contributed by atoms with E-state index < -0.39 is 12.4 Å². The molecule has 6 nitrogen and oxygen atoms in total. The van der Waals surface area contributed by atoms with E-state index in [1.807, 2.05) is 30.3 Å². The molecule has 0 aliphatic rings. The molecule has 0 spiro atoms. The predicted molar refractivity (Wildman–Crippen MR) is 67.4 cm³/mol. The van der Waals surface area contributed by atoms with Crippen molar-refractivity contribution in [2.75, 3.05) is 13.7 Å². The van der Waals surface area contributed by atoms with Crippen molar-refractivity contribution in [2.24, 2.45) is 11.5 Å². The van der Waals surface area contributed by atoms with E-state index in [0.29, 0.717) is 6.42 Å². The number of primary amides is 1. The van der Waals surface area contributed by atoms with Gasteiger partial charge in [-0.1, -0.05) is 30.3 Å². The molecule has 1 aromatic carbocycles. The minimum atomic E-state index is -1.37. The highest BCUT2D eigenvalue weighted by molar-refractivity contribution is 5.71. The highest BCUT2D eigenvalue weighted by atomic mass is 16.6. The van der Waals surface area contributed by atoms with Crippen LogP contribution >= 0.6 is 0 Å². The van der Waals surface area contributed by atoms with Crippen LogP contribution in [0.5, 0.6) is 0 Å². The van der Waals surface area contributed by atoms with Crippen LogP contribution in [0.3, 0.4) is 0 Å². The number of ether oxygens (including phenoxy) is 1. The zero-order valence-corrected chi connectivity index (χ0v) is 10.3. The average Bonchev–Trinajstić information content (AvgIpc) is 2.36. The van der Waals surface area contributed by atoms with Crippen LogP contribution in [0.2, 0.25) is 0 Å². The van der Waals surface area contributed by atoms with Gasteiger partial charge in [0.2, 0.25) is 6.41 Å². The van der Waals surface area contributed by atoms with Crippen LogP contribution in [0.15, 0.2) is 30.3 Å². The number of benzene rings is 1. The zero-order chi connectivity index (χ0) is 13.5. The van der Waals surface area contributed by atoms with E-state index in [9.17, 15) is 9.90 Å². The zero-order valence-electron chi connectivity index (χ0n) is 10.3. The summed E-state index contributed by atoms with van der Waals surface area (Å²) in [6, 6.07) is 8.69. The first-order chi connectivity index (χ1) is 8.50. The quantitative estimate of drug-likeness (QED) is 0.614. The van der Waals surface area contributed by atoms with Gasteiger partial charge >= 0.3 is 6.03 Å². The summed E-state index contributed by atoms with van der Waals surface area (Å²) >= 11 is 0. The number of aliphatic hydroxyl groups excluding tert-OH is 1. The third kappa shape index (κ3) is 4.70. The number of rotatable bonds is 6. The number of hydrogen-bond donors (Lipinski definition) is 3. The van der Waals surface area contributed by atoms with E-state index in [-0.39, 0.29) is 12.6 Å². The van der Waals surface area contributed by atoms with Gasteiger partial charge in [-0.05, 0) is 12.0 Å². The molecule has 0 bridgehead atoms. The van der Waals surface area contributed by atoms with Crippen LogP contribution in [-0.4, -0.2) is 42.1 Å². The van der Waals surface area contributed by atoms with E-state index in [1.54, 1.807) is 0 Å². The molecule has 0 fully saturated rings. The van der Waals surface area contributed by atoms with Gasteiger partial charge in [0, 0.05) is 13.1 Å². The Bertz CT molecular complexity index is 372. The van der Waals surface area contributed by atoms with Crippen molar-refractivity contribution in [1.82, 2.24) is 4.90 Å². The lowest BCUT2D eigenvalue weighted by Gasteiger charge is -2.23. The summed E-state index contributed by atoms with van der Waals surface area (Å²) in [5.41, 5.74) is 11.9. The van der Waals surface area contributed by atoms with Crippen LogP contribution in [-0.2, 0) is 11.2 Å². The molecule has 0 heterocycles. The standard InChI is InChI=1S/C12H19N3O3/c1-15(11(14)16)12(17)18-8-10(13)7-9-5-3-2-4-6-9/h2-6,10,12,17H,7-8,13H2,1H3,(H2,14,16). The second-order valence-corrected chi connectivity index (χ2v) is 4.06. The van der Waals surface area contributed by atoms with Crippen LogP contribution in [0.25, 0.3) is 0 Å². The summed E-state index contributed by atoms with van der Waals surface area (Å²) in [6.07, 6.45) is -0.738. The van der Waals surface area contributed by atoms with E-state index in [2.05, 4.69) is 0 Å². The molecule has 0 saturated heterocycles. The van der Waals surface area contributed by atoms with Gasteiger partial charge in [-0.3, -0.25) is 4.90 Å². The van der Waals surface area contributed by atoms with Crippen molar-refractivity contribution in [3.05, 3.63) is 35.9 Å². The monoisotopic (exact) mass is 253 g/mol. The molecular formula is C12H19N3O3. The molecule has 0 aliphatic heterocycles. The van der Waals surface area contributed by atoms with Crippen molar-refractivity contribution in [2.45, 2.75) is 18.9 Å². The van der Waals surface area contributed by atoms with Gasteiger partial charge in [0.1, 0.15) is 0 Å². The fourth-order valence-corrected chi connectivity index (χ4v) is 1.41. The SMILES string of the molecule is CN(C(N)=O)C(O)OCC(N)Cc1ccccc1. The Labute approximate surface area is 106 Å². The first-order valence-corrected chi connectivity index (χ1v) is 5.62. The maximum atomic E-state index is 10.8. The third-order valence-electron chi connectivity index (χ3n) is 2.48. The topological polar surface area (TPSA) is 102 Å². The molecule has 1 aromatic rings. The number of urea groups is 1. The van der Waals surface area contributed by atoms with Crippen molar-refractivity contribution >= 4 is 6.03 Å². The fraction of sp³-hybridized carbons (Fsp3) is 0.417. The van der Waals surface area contributed by atoms with E-state index in [4.69, 9.17) is 16.2 Å². The maximum absolute atomic E-state index is 10.8. The molecule has 2 unspecified atom stereocenters. The van der Waals surface area contributed by atoms with Crippen molar-refractivity contribution in [1.29, 1.82) is 0 Å². The molecule has 18 heavy (non-hydrogen) atoms. The van der Waals surface area contributed by atoms with Gasteiger partial charge in [0.25, 0.3) is 0 Å². The van der Waals surface area contributed by atoms with Crippen LogP contribution < -0.4 is 11.5 Å². The second-order valence-electron chi connectivity index (χ2n) is 4.06. The van der Waals surface area contributed by atoms with Gasteiger partial charge in [-0.15, -0.1) is 0 Å². The number of amides is 2. The minimum absolute atomic E-state index is 0.133. The molecule has 1 rings (SSSR count). The number of nitrogens with zero attached hydrogens (tertiary/aromatic N) is 1. The molecule has 0 aromatic heterocycles. The summed E-state index contributed by atoms with van der Waals surface area (Å²) in [4.78, 5) is 11.6. The molecule has 0 radical (unpaired) electrons.